The van der Waals surface area contributed by atoms with Crippen molar-refractivity contribution in [2.75, 3.05) is 12.0 Å². The third-order valence-electron chi connectivity index (χ3n) is 3.21. The minimum Gasteiger partial charge on any atom is -0.497 e. The number of ether oxygens (including phenoxy) is 1. The maximum absolute atomic E-state index is 12.4. The van der Waals surface area contributed by atoms with Gasteiger partial charge in [-0.05, 0) is 42.3 Å². The summed E-state index contributed by atoms with van der Waals surface area (Å²) in [6.07, 6.45) is 4.88. The number of hydrogen-bond acceptors (Lipinski definition) is 3. The molecule has 1 aromatic carbocycles. The number of rotatable bonds is 6. The second-order valence-electron chi connectivity index (χ2n) is 4.79. The van der Waals surface area contributed by atoms with Crippen LogP contribution in [0.5, 0.6) is 5.75 Å². The van der Waals surface area contributed by atoms with Gasteiger partial charge in [-0.25, -0.2) is 0 Å². The molecule has 1 aromatic heterocycles. The smallest absolute Gasteiger partial charge is 0.227 e. The summed E-state index contributed by atoms with van der Waals surface area (Å²) in [5.41, 5.74) is 1.89. The summed E-state index contributed by atoms with van der Waals surface area (Å²) in [4.78, 5) is 18.3. The van der Waals surface area contributed by atoms with Gasteiger partial charge in [0.2, 0.25) is 5.91 Å². The number of benzene rings is 1. The Labute approximate surface area is 125 Å². The first-order valence-electron chi connectivity index (χ1n) is 7.08. The molecule has 0 aliphatic rings. The van der Waals surface area contributed by atoms with E-state index in [1.165, 1.54) is 0 Å². The number of pyridine rings is 1. The van der Waals surface area contributed by atoms with Gasteiger partial charge in [-0.2, -0.15) is 0 Å². The van der Waals surface area contributed by atoms with Gasteiger partial charge in [0.1, 0.15) is 5.75 Å². The molecule has 0 spiro atoms. The molecule has 1 amide bonds. The lowest BCUT2D eigenvalue weighted by atomic mass is 10.2. The van der Waals surface area contributed by atoms with Crippen LogP contribution < -0.4 is 9.64 Å². The van der Waals surface area contributed by atoms with Gasteiger partial charge in [0.05, 0.1) is 13.7 Å². The van der Waals surface area contributed by atoms with Crippen LogP contribution >= 0.6 is 0 Å². The maximum Gasteiger partial charge on any atom is 0.227 e. The monoisotopic (exact) mass is 284 g/mol. The highest BCUT2D eigenvalue weighted by atomic mass is 16.5. The Balaban J connectivity index is 2.24. The summed E-state index contributed by atoms with van der Waals surface area (Å²) in [5, 5.41) is 0. The summed E-state index contributed by atoms with van der Waals surface area (Å²) < 4.78 is 5.16. The van der Waals surface area contributed by atoms with Crippen molar-refractivity contribution < 1.29 is 9.53 Å². The van der Waals surface area contributed by atoms with E-state index in [9.17, 15) is 4.79 Å². The highest BCUT2D eigenvalue weighted by Gasteiger charge is 2.15. The van der Waals surface area contributed by atoms with Crippen molar-refractivity contribution in [1.29, 1.82) is 0 Å². The standard InChI is InChI=1S/C17H20N2O2/c1-3-5-17(20)19(13-14-6-4-11-18-12-14)15-7-9-16(21-2)10-8-15/h4,6-12H,3,5,13H2,1-2H3. The molecule has 2 aromatic rings. The summed E-state index contributed by atoms with van der Waals surface area (Å²) >= 11 is 0. The zero-order valence-corrected chi connectivity index (χ0v) is 12.5. The number of amides is 1. The molecule has 110 valence electrons. The molecule has 21 heavy (non-hydrogen) atoms. The van der Waals surface area contributed by atoms with Gasteiger partial charge in [-0.15, -0.1) is 0 Å². The molecule has 4 nitrogen and oxygen atoms in total. The van der Waals surface area contributed by atoms with E-state index in [2.05, 4.69) is 4.98 Å². The zero-order chi connectivity index (χ0) is 15.1. The number of carbonyl (C=O) groups is 1. The molecular weight excluding hydrogens is 264 g/mol. The van der Waals surface area contributed by atoms with Crippen LogP contribution in [-0.4, -0.2) is 18.0 Å². The predicted octanol–water partition coefficient (Wildman–Crippen LogP) is 3.42. The zero-order valence-electron chi connectivity index (χ0n) is 12.5. The second-order valence-corrected chi connectivity index (χ2v) is 4.79. The molecule has 0 fully saturated rings. The average Bonchev–Trinajstić information content (AvgIpc) is 2.54. The fourth-order valence-corrected chi connectivity index (χ4v) is 2.11. The molecule has 2 rings (SSSR count). The second kappa shape index (κ2) is 7.43. The van der Waals surface area contributed by atoms with Gasteiger partial charge >= 0.3 is 0 Å². The third kappa shape index (κ3) is 4.05. The quantitative estimate of drug-likeness (QED) is 0.816. The van der Waals surface area contributed by atoms with E-state index in [1.807, 2.05) is 43.3 Å². The first-order chi connectivity index (χ1) is 10.2. The van der Waals surface area contributed by atoms with Crippen molar-refractivity contribution in [1.82, 2.24) is 4.98 Å². The van der Waals surface area contributed by atoms with Gasteiger partial charge < -0.3 is 9.64 Å². The molecule has 0 aliphatic heterocycles. The summed E-state index contributed by atoms with van der Waals surface area (Å²) in [5.74, 6) is 0.898. The van der Waals surface area contributed by atoms with Crippen molar-refractivity contribution in [3.05, 3.63) is 54.4 Å². The molecule has 1 heterocycles. The SMILES string of the molecule is CCCC(=O)N(Cc1cccnc1)c1ccc(OC)cc1. The van der Waals surface area contributed by atoms with Crippen LogP contribution in [0.4, 0.5) is 5.69 Å². The number of anilines is 1. The molecule has 0 bridgehead atoms. The highest BCUT2D eigenvalue weighted by molar-refractivity contribution is 5.93. The Kier molecular flexibility index (Phi) is 5.32. The Hall–Kier alpha value is -2.36. The van der Waals surface area contributed by atoms with Crippen molar-refractivity contribution in [3.8, 4) is 5.75 Å². The molecule has 0 atom stereocenters. The van der Waals surface area contributed by atoms with Crippen molar-refractivity contribution >= 4 is 11.6 Å². The molecule has 4 heteroatoms. The van der Waals surface area contributed by atoms with Gasteiger partial charge in [0, 0.05) is 24.5 Å². The van der Waals surface area contributed by atoms with Crippen LogP contribution in [0.3, 0.4) is 0 Å². The van der Waals surface area contributed by atoms with Crippen LogP contribution in [0.15, 0.2) is 48.8 Å². The van der Waals surface area contributed by atoms with E-state index < -0.39 is 0 Å². The van der Waals surface area contributed by atoms with E-state index in [0.717, 1.165) is 23.4 Å². The molecule has 0 aliphatic carbocycles. The lowest BCUT2D eigenvalue weighted by molar-refractivity contribution is -0.118. The maximum atomic E-state index is 12.4. The van der Waals surface area contributed by atoms with Gasteiger partial charge in [-0.1, -0.05) is 13.0 Å². The largest absolute Gasteiger partial charge is 0.497 e. The lowest BCUT2D eigenvalue weighted by Crippen LogP contribution is -2.30. The lowest BCUT2D eigenvalue weighted by Gasteiger charge is -2.23. The number of nitrogens with zero attached hydrogens (tertiary/aromatic N) is 2. The van der Waals surface area contributed by atoms with Crippen molar-refractivity contribution in [2.24, 2.45) is 0 Å². The fourth-order valence-electron chi connectivity index (χ4n) is 2.11. The Morgan fingerprint density at radius 1 is 1.24 bits per heavy atom. The summed E-state index contributed by atoms with van der Waals surface area (Å²) in [6.45, 7) is 2.53. The highest BCUT2D eigenvalue weighted by Crippen LogP contribution is 2.22. The summed E-state index contributed by atoms with van der Waals surface area (Å²) in [6, 6.07) is 11.4. The molecule has 0 unspecified atom stereocenters. The first-order valence-corrected chi connectivity index (χ1v) is 7.08. The van der Waals surface area contributed by atoms with E-state index in [-0.39, 0.29) is 5.91 Å². The van der Waals surface area contributed by atoms with Gasteiger partial charge in [0.15, 0.2) is 0 Å². The van der Waals surface area contributed by atoms with Crippen LogP contribution in [0.25, 0.3) is 0 Å². The number of carbonyl (C=O) groups excluding carboxylic acids is 1. The van der Waals surface area contributed by atoms with Crippen molar-refractivity contribution in [2.45, 2.75) is 26.3 Å². The first kappa shape index (κ1) is 15.0. The minimum absolute atomic E-state index is 0.117. The molecular formula is C17H20N2O2. The van der Waals surface area contributed by atoms with E-state index >= 15 is 0 Å². The average molecular weight is 284 g/mol. The number of aromatic nitrogens is 1. The fraction of sp³-hybridized carbons (Fsp3) is 0.294. The van der Waals surface area contributed by atoms with Crippen molar-refractivity contribution in [3.63, 3.8) is 0 Å². The van der Waals surface area contributed by atoms with E-state index in [0.29, 0.717) is 13.0 Å². The Morgan fingerprint density at radius 3 is 2.57 bits per heavy atom. The molecule has 0 saturated carbocycles. The van der Waals surface area contributed by atoms with Crippen LogP contribution in [0, 0.1) is 0 Å². The Morgan fingerprint density at radius 2 is 2.00 bits per heavy atom. The third-order valence-corrected chi connectivity index (χ3v) is 3.21. The van der Waals surface area contributed by atoms with E-state index in [1.54, 1.807) is 24.4 Å². The number of hydrogen-bond donors (Lipinski definition) is 0. The Bertz CT molecular complexity index is 567. The van der Waals surface area contributed by atoms with Crippen LogP contribution in [-0.2, 0) is 11.3 Å². The molecule has 0 saturated heterocycles. The van der Waals surface area contributed by atoms with Crippen LogP contribution in [0.2, 0.25) is 0 Å². The van der Waals surface area contributed by atoms with Crippen LogP contribution in [0.1, 0.15) is 25.3 Å². The van der Waals surface area contributed by atoms with Gasteiger partial charge in [-0.3, -0.25) is 9.78 Å². The summed E-state index contributed by atoms with van der Waals surface area (Å²) in [7, 11) is 1.63. The predicted molar refractivity (Wildman–Crippen MR) is 83.3 cm³/mol. The molecule has 0 radical (unpaired) electrons. The minimum atomic E-state index is 0.117. The van der Waals surface area contributed by atoms with E-state index in [4.69, 9.17) is 4.74 Å². The van der Waals surface area contributed by atoms with Gasteiger partial charge in [0.25, 0.3) is 0 Å². The topological polar surface area (TPSA) is 42.4 Å². The number of methoxy groups -OCH3 is 1. The molecule has 0 N–H and O–H groups in total. The normalized spacial score (nSPS) is 10.2.